The van der Waals surface area contributed by atoms with E-state index in [-0.39, 0.29) is 6.54 Å². The highest BCUT2D eigenvalue weighted by atomic mass is 16.7. The van der Waals surface area contributed by atoms with Gasteiger partial charge in [0.05, 0.1) is 23.3 Å². The number of nitrogens with zero attached hydrogens (tertiary/aromatic N) is 1. The molecule has 1 amide bonds. The lowest BCUT2D eigenvalue weighted by molar-refractivity contribution is 0.00578. The molecule has 35 heavy (non-hydrogen) atoms. The molecule has 1 fully saturated rings. The van der Waals surface area contributed by atoms with Crippen LogP contribution in [0.4, 0.5) is 4.79 Å². The van der Waals surface area contributed by atoms with Crippen LogP contribution < -0.4 is 20.3 Å². The average molecular weight is 478 g/mol. The lowest BCUT2D eigenvalue weighted by atomic mass is 9.79. The third-order valence-corrected chi connectivity index (χ3v) is 6.41. The molecule has 3 aromatic rings. The molecule has 0 bridgehead atoms. The monoisotopic (exact) mass is 478 g/mol. The van der Waals surface area contributed by atoms with Gasteiger partial charge in [0.25, 0.3) is 0 Å². The van der Waals surface area contributed by atoms with E-state index in [1.807, 2.05) is 76.2 Å². The third kappa shape index (κ3) is 5.69. The summed E-state index contributed by atoms with van der Waals surface area (Å²) in [6, 6.07) is 15.6. The highest BCUT2D eigenvalue weighted by Gasteiger charge is 2.51. The van der Waals surface area contributed by atoms with Crippen LogP contribution in [0.2, 0.25) is 0 Å². The minimum Gasteiger partial charge on any atom is -0.489 e. The smallest absolute Gasteiger partial charge is 0.489 e. The molecule has 0 atom stereocenters. The number of pyridine rings is 1. The molecule has 0 spiro atoms. The fourth-order valence-corrected chi connectivity index (χ4v) is 3.72. The Morgan fingerprint density at radius 3 is 2.46 bits per heavy atom. The van der Waals surface area contributed by atoms with Gasteiger partial charge in [-0.05, 0) is 57.9 Å². The molecule has 2 aromatic carbocycles. The van der Waals surface area contributed by atoms with E-state index in [4.69, 9.17) is 23.9 Å². The zero-order valence-corrected chi connectivity index (χ0v) is 20.5. The van der Waals surface area contributed by atoms with Crippen LogP contribution in [0.25, 0.3) is 10.9 Å². The Labute approximate surface area is 205 Å². The number of ether oxygens (including phenoxy) is 2. The predicted octanol–water partition coefficient (Wildman–Crippen LogP) is 4.15. The summed E-state index contributed by atoms with van der Waals surface area (Å²) in [5.41, 5.74) is 1.63. The summed E-state index contributed by atoms with van der Waals surface area (Å²) in [7, 11) is -0.557. The van der Waals surface area contributed by atoms with Crippen molar-refractivity contribution in [1.29, 1.82) is 0 Å². The second-order valence-electron chi connectivity index (χ2n) is 9.52. The quantitative estimate of drug-likeness (QED) is 0.352. The molecule has 8 nitrogen and oxygen atoms in total. The first-order valence-corrected chi connectivity index (χ1v) is 11.7. The minimum absolute atomic E-state index is 0.289. The summed E-state index contributed by atoms with van der Waals surface area (Å²) >= 11 is 0. The van der Waals surface area contributed by atoms with Crippen molar-refractivity contribution in [2.45, 2.75) is 51.9 Å². The van der Waals surface area contributed by atoms with E-state index < -0.39 is 24.4 Å². The van der Waals surface area contributed by atoms with Crippen LogP contribution in [0.3, 0.4) is 0 Å². The number of hydrogen-bond acceptors (Lipinski definition) is 6. The van der Waals surface area contributed by atoms with Crippen molar-refractivity contribution >= 4 is 29.6 Å². The van der Waals surface area contributed by atoms with E-state index in [1.54, 1.807) is 6.20 Å². The van der Waals surface area contributed by atoms with Crippen molar-refractivity contribution < 1.29 is 28.7 Å². The molecule has 0 saturated carbocycles. The second kappa shape index (κ2) is 10.1. The van der Waals surface area contributed by atoms with E-state index in [0.717, 1.165) is 21.9 Å². The van der Waals surface area contributed by atoms with Crippen LogP contribution in [-0.4, -0.2) is 47.7 Å². The van der Waals surface area contributed by atoms with Gasteiger partial charge in [-0.25, -0.2) is 4.79 Å². The molecular weight excluding hydrogens is 447 g/mol. The maximum Gasteiger partial charge on any atom is 0.496 e. The van der Waals surface area contributed by atoms with Gasteiger partial charge in [-0.1, -0.05) is 30.3 Å². The Hall–Kier alpha value is -3.30. The maximum atomic E-state index is 10.7. The highest BCUT2D eigenvalue weighted by molar-refractivity contribution is 6.62. The molecule has 1 aliphatic heterocycles. The van der Waals surface area contributed by atoms with Crippen LogP contribution in [0.5, 0.6) is 11.5 Å². The van der Waals surface area contributed by atoms with E-state index in [0.29, 0.717) is 31.1 Å². The molecule has 2 N–H and O–H groups in total. The average Bonchev–Trinajstić information content (AvgIpc) is 3.04. The molecule has 184 valence electrons. The van der Waals surface area contributed by atoms with Gasteiger partial charge in [-0.3, -0.25) is 4.98 Å². The SMILES string of the molecule is CC1(C)OB(c2cnc3ccc(OCc4ccccc4)c(OCCCNC(=O)O)c3c2)OC1(C)C. The van der Waals surface area contributed by atoms with E-state index >= 15 is 0 Å². The molecule has 1 saturated heterocycles. The standard InChI is InChI=1S/C26H31BN2O6/c1-25(2)26(3,4)35-27(34-25)19-15-20-21(29-16-19)11-12-22(33-17-18-9-6-5-7-10-18)23(20)32-14-8-13-28-24(30)31/h5-7,9-12,15-16,28H,8,13-14,17H2,1-4H3,(H,30,31). The third-order valence-electron chi connectivity index (χ3n) is 6.41. The van der Waals surface area contributed by atoms with E-state index in [2.05, 4.69) is 10.3 Å². The Kier molecular flexibility index (Phi) is 7.19. The van der Waals surface area contributed by atoms with Gasteiger partial charge < -0.3 is 29.2 Å². The number of carbonyl (C=O) groups is 1. The van der Waals surface area contributed by atoms with Gasteiger partial charge in [0.2, 0.25) is 0 Å². The lowest BCUT2D eigenvalue weighted by Crippen LogP contribution is -2.41. The molecule has 9 heteroatoms. The fraction of sp³-hybridized carbons (Fsp3) is 0.385. The maximum absolute atomic E-state index is 10.7. The largest absolute Gasteiger partial charge is 0.496 e. The van der Waals surface area contributed by atoms with Gasteiger partial charge in [0, 0.05) is 23.6 Å². The normalized spacial score (nSPS) is 16.3. The topological polar surface area (TPSA) is 99.1 Å². The van der Waals surface area contributed by atoms with Gasteiger partial charge in [0.1, 0.15) is 6.61 Å². The number of nitrogens with one attached hydrogen (secondary N) is 1. The Bertz CT molecular complexity index is 1170. The van der Waals surface area contributed by atoms with Gasteiger partial charge in [-0.15, -0.1) is 0 Å². The zero-order valence-electron chi connectivity index (χ0n) is 20.5. The molecule has 0 radical (unpaired) electrons. The zero-order chi connectivity index (χ0) is 25.1. The fourth-order valence-electron chi connectivity index (χ4n) is 3.72. The number of carboxylic acid groups (broad SMARTS) is 1. The summed E-state index contributed by atoms with van der Waals surface area (Å²) in [4.78, 5) is 15.4. The molecular formula is C26H31BN2O6. The number of fused-ring (bicyclic) bond motifs is 1. The van der Waals surface area contributed by atoms with E-state index in [1.165, 1.54) is 0 Å². The number of amides is 1. The first kappa shape index (κ1) is 24.8. The summed E-state index contributed by atoms with van der Waals surface area (Å²) < 4.78 is 24.7. The van der Waals surface area contributed by atoms with E-state index in [9.17, 15) is 4.79 Å². The number of benzene rings is 2. The van der Waals surface area contributed by atoms with Gasteiger partial charge in [0.15, 0.2) is 11.5 Å². The Balaban J connectivity index is 1.63. The summed E-state index contributed by atoms with van der Waals surface area (Å²) in [5.74, 6) is 1.14. The van der Waals surface area contributed by atoms with Crippen molar-refractivity contribution in [3.05, 3.63) is 60.3 Å². The minimum atomic E-state index is -1.06. The van der Waals surface area contributed by atoms with Crippen LogP contribution in [0.1, 0.15) is 39.7 Å². The van der Waals surface area contributed by atoms with Crippen molar-refractivity contribution in [3.8, 4) is 11.5 Å². The van der Waals surface area contributed by atoms with Crippen LogP contribution in [0.15, 0.2) is 54.7 Å². The summed E-state index contributed by atoms with van der Waals surface area (Å²) in [6.07, 6.45) is 1.21. The molecule has 1 aromatic heterocycles. The van der Waals surface area contributed by atoms with Crippen LogP contribution >= 0.6 is 0 Å². The number of rotatable bonds is 9. The van der Waals surface area contributed by atoms with Crippen molar-refractivity contribution in [2.24, 2.45) is 0 Å². The van der Waals surface area contributed by atoms with Crippen molar-refractivity contribution in [1.82, 2.24) is 10.3 Å². The number of aromatic nitrogens is 1. The van der Waals surface area contributed by atoms with Crippen LogP contribution in [-0.2, 0) is 15.9 Å². The van der Waals surface area contributed by atoms with Gasteiger partial charge >= 0.3 is 13.2 Å². The first-order chi connectivity index (χ1) is 16.7. The lowest BCUT2D eigenvalue weighted by Gasteiger charge is -2.32. The van der Waals surface area contributed by atoms with Crippen molar-refractivity contribution in [3.63, 3.8) is 0 Å². The summed E-state index contributed by atoms with van der Waals surface area (Å²) in [6.45, 7) is 9.02. The Morgan fingerprint density at radius 2 is 1.77 bits per heavy atom. The molecule has 4 rings (SSSR count). The molecule has 0 unspecified atom stereocenters. The van der Waals surface area contributed by atoms with Gasteiger partial charge in [-0.2, -0.15) is 0 Å². The second-order valence-corrected chi connectivity index (χ2v) is 9.52. The Morgan fingerprint density at radius 1 is 1.06 bits per heavy atom. The highest BCUT2D eigenvalue weighted by Crippen LogP contribution is 2.38. The molecule has 1 aliphatic rings. The van der Waals surface area contributed by atoms with Crippen LogP contribution in [0, 0.1) is 0 Å². The summed E-state index contributed by atoms with van der Waals surface area (Å²) in [5, 5.41) is 11.9. The predicted molar refractivity (Wildman–Crippen MR) is 134 cm³/mol. The van der Waals surface area contributed by atoms with Crippen molar-refractivity contribution in [2.75, 3.05) is 13.2 Å². The first-order valence-electron chi connectivity index (χ1n) is 11.7. The molecule has 0 aliphatic carbocycles. The molecule has 2 heterocycles. The number of hydrogen-bond donors (Lipinski definition) is 2.